The van der Waals surface area contributed by atoms with Crippen molar-refractivity contribution >= 4 is 39.3 Å². The fourth-order valence-electron chi connectivity index (χ4n) is 5.44. The van der Waals surface area contributed by atoms with Crippen LogP contribution in [0.15, 0.2) is 35.7 Å². The van der Waals surface area contributed by atoms with Gasteiger partial charge in [-0.15, -0.1) is 0 Å². The number of rotatable bonds is 10. The molecule has 0 amide bonds. The molecule has 0 aliphatic carbocycles. The fraction of sp³-hybridized carbons (Fsp3) is 0.531. The maximum Gasteiger partial charge on any atom is 0.225 e. The Morgan fingerprint density at radius 1 is 1.04 bits per heavy atom. The molecule has 5 heterocycles. The van der Waals surface area contributed by atoms with Crippen LogP contribution in [0.25, 0.3) is 10.9 Å². The zero-order chi connectivity index (χ0) is 32.3. The van der Waals surface area contributed by atoms with Crippen LogP contribution >= 0.6 is 0 Å². The lowest BCUT2D eigenvalue weighted by Crippen LogP contribution is -2.41. The maximum atomic E-state index is 13.8. The second kappa shape index (κ2) is 13.9. The number of hydrogen-bond acceptors (Lipinski definition) is 12. The molecule has 13 nitrogen and oxygen atoms in total. The molecule has 2 saturated heterocycles. The van der Waals surface area contributed by atoms with E-state index in [4.69, 9.17) is 14.2 Å². The van der Waals surface area contributed by atoms with Gasteiger partial charge < -0.3 is 29.7 Å². The Morgan fingerprint density at radius 2 is 1.83 bits per heavy atom. The summed E-state index contributed by atoms with van der Waals surface area (Å²) < 4.78 is 31.2. The van der Waals surface area contributed by atoms with Crippen LogP contribution in [0.1, 0.15) is 44.9 Å². The van der Waals surface area contributed by atoms with E-state index in [1.165, 1.54) is 6.33 Å². The number of fused-ring (bicyclic) bond motifs is 1. The molecule has 2 atom stereocenters. The highest BCUT2D eigenvalue weighted by Gasteiger charge is 2.27. The van der Waals surface area contributed by atoms with Crippen molar-refractivity contribution in [1.29, 1.82) is 0 Å². The van der Waals surface area contributed by atoms with Gasteiger partial charge in [0.15, 0.2) is 11.6 Å². The van der Waals surface area contributed by atoms with E-state index in [-0.39, 0.29) is 6.10 Å². The molecule has 246 valence electrons. The summed E-state index contributed by atoms with van der Waals surface area (Å²) in [6, 6.07) is 3.78. The molecule has 6 rings (SSSR count). The Kier molecular flexibility index (Phi) is 9.66. The second-order valence-electron chi connectivity index (χ2n) is 12.8. The minimum Gasteiger partial charge on any atom is -0.492 e. The predicted octanol–water partition coefficient (Wildman–Crippen LogP) is 4.07. The topological polar surface area (TPSA) is 152 Å². The summed E-state index contributed by atoms with van der Waals surface area (Å²) in [5.41, 5.74) is 2.69. The Morgan fingerprint density at radius 3 is 2.50 bits per heavy atom. The first kappa shape index (κ1) is 32.1. The van der Waals surface area contributed by atoms with E-state index in [9.17, 15) is 4.21 Å². The van der Waals surface area contributed by atoms with Crippen molar-refractivity contribution in [1.82, 2.24) is 35.5 Å². The average Bonchev–Trinajstić information content (AvgIpc) is 3.38. The van der Waals surface area contributed by atoms with E-state index < -0.39 is 15.5 Å². The van der Waals surface area contributed by atoms with Gasteiger partial charge in [0.05, 0.1) is 46.8 Å². The van der Waals surface area contributed by atoms with Gasteiger partial charge >= 0.3 is 0 Å². The van der Waals surface area contributed by atoms with Gasteiger partial charge in [0.1, 0.15) is 30.6 Å². The van der Waals surface area contributed by atoms with Crippen molar-refractivity contribution < 1.29 is 18.4 Å². The van der Waals surface area contributed by atoms with Crippen LogP contribution in [0.3, 0.4) is 0 Å². The van der Waals surface area contributed by atoms with Crippen LogP contribution in [-0.2, 0) is 15.5 Å². The zero-order valence-electron chi connectivity index (χ0n) is 27.1. The van der Waals surface area contributed by atoms with Crippen LogP contribution in [0.4, 0.5) is 17.6 Å². The molecular formula is C32H43N9O4S. The molecule has 0 bridgehead atoms. The summed E-state index contributed by atoms with van der Waals surface area (Å²) in [4.78, 5) is 20.9. The number of ether oxygens (including phenoxy) is 3. The van der Waals surface area contributed by atoms with Crippen LogP contribution in [0, 0.1) is 19.8 Å². The molecule has 14 heteroatoms. The van der Waals surface area contributed by atoms with Crippen LogP contribution < -0.4 is 25.0 Å². The monoisotopic (exact) mass is 649 g/mol. The standard InChI is InChI=1S/C32H43N9O4S/c1-20-21(2)39-40-29(20)38-30-25-12-28(46(42)32(3,4)5)27(13-26(25)36-19-37-30)45-17-22-6-9-41(10-7-22)31-34-15-23(16-35-31)44-18-24-14-33-8-11-43-24/h12-13,15-16,19,22,24,33H,6-11,14,17-18H2,1-5H3,(H2,36,37,38,39,40)/t24-,46?/m1/s1. The van der Waals surface area contributed by atoms with Gasteiger partial charge in [-0.25, -0.2) is 19.9 Å². The lowest BCUT2D eigenvalue weighted by Gasteiger charge is -2.32. The molecule has 3 aromatic heterocycles. The van der Waals surface area contributed by atoms with Gasteiger partial charge in [0.25, 0.3) is 0 Å². The normalized spacial score (nSPS) is 18.5. The van der Waals surface area contributed by atoms with Crippen LogP contribution in [0.2, 0.25) is 0 Å². The van der Waals surface area contributed by atoms with Gasteiger partial charge in [-0.2, -0.15) is 5.10 Å². The number of nitrogens with zero attached hydrogens (tertiary/aromatic N) is 6. The zero-order valence-corrected chi connectivity index (χ0v) is 27.9. The highest BCUT2D eigenvalue weighted by Crippen LogP contribution is 2.36. The third kappa shape index (κ3) is 7.39. The third-order valence-electron chi connectivity index (χ3n) is 8.37. The summed E-state index contributed by atoms with van der Waals surface area (Å²) >= 11 is 0. The minimum absolute atomic E-state index is 0.0396. The first-order valence-electron chi connectivity index (χ1n) is 15.8. The first-order chi connectivity index (χ1) is 22.2. The number of morpholine rings is 1. The lowest BCUT2D eigenvalue weighted by atomic mass is 9.98. The number of aromatic amines is 1. The molecule has 2 aliphatic heterocycles. The number of piperidine rings is 1. The molecule has 3 N–H and O–H groups in total. The Labute approximate surface area is 271 Å². The van der Waals surface area contributed by atoms with Crippen LogP contribution in [0.5, 0.6) is 11.5 Å². The molecule has 0 spiro atoms. The molecule has 2 aliphatic rings. The second-order valence-corrected chi connectivity index (χ2v) is 15.0. The summed E-state index contributed by atoms with van der Waals surface area (Å²) in [6.45, 7) is 14.8. The van der Waals surface area contributed by atoms with Crippen LogP contribution in [-0.4, -0.2) is 91.2 Å². The van der Waals surface area contributed by atoms with Crippen molar-refractivity contribution in [3.05, 3.63) is 42.1 Å². The molecule has 2 fully saturated rings. The van der Waals surface area contributed by atoms with Crippen molar-refractivity contribution in [2.24, 2.45) is 5.92 Å². The number of aromatic nitrogens is 6. The summed E-state index contributed by atoms with van der Waals surface area (Å²) in [5, 5.41) is 14.7. The van der Waals surface area contributed by atoms with Gasteiger partial charge in [0, 0.05) is 53.6 Å². The van der Waals surface area contributed by atoms with E-state index in [0.29, 0.717) is 65.2 Å². The Hall–Kier alpha value is -3.88. The SMILES string of the molecule is Cc1[nH]nc(Nc2ncnc3cc(OCC4CCN(c5ncc(OC[C@H]6CNCCO6)cn5)CC4)c(S(=O)C(C)(C)C)cc23)c1C. The van der Waals surface area contributed by atoms with Gasteiger partial charge in [-0.3, -0.25) is 9.31 Å². The summed E-state index contributed by atoms with van der Waals surface area (Å²) in [5.74, 6) is 3.56. The van der Waals surface area contributed by atoms with Gasteiger partial charge in [0.2, 0.25) is 5.95 Å². The Balaban J connectivity index is 1.10. The van der Waals surface area contributed by atoms with E-state index in [1.54, 1.807) is 12.4 Å². The maximum absolute atomic E-state index is 13.8. The van der Waals surface area contributed by atoms with Gasteiger partial charge in [-0.1, -0.05) is 0 Å². The Bertz CT molecular complexity index is 1660. The molecule has 4 aromatic rings. The molecule has 1 unspecified atom stereocenters. The number of aryl methyl sites for hydroxylation is 1. The smallest absolute Gasteiger partial charge is 0.225 e. The molecule has 1 aromatic carbocycles. The third-order valence-corrected chi connectivity index (χ3v) is 10.2. The number of benzene rings is 1. The summed E-state index contributed by atoms with van der Waals surface area (Å²) in [7, 11) is -1.34. The van der Waals surface area contributed by atoms with Crippen molar-refractivity contribution in [3.63, 3.8) is 0 Å². The number of hydrogen-bond donors (Lipinski definition) is 3. The van der Waals surface area contributed by atoms with Gasteiger partial charge in [-0.05, 0) is 59.4 Å². The quantitative estimate of drug-likeness (QED) is 0.227. The predicted molar refractivity (Wildman–Crippen MR) is 178 cm³/mol. The first-order valence-corrected chi connectivity index (χ1v) is 16.9. The minimum atomic E-state index is -1.34. The summed E-state index contributed by atoms with van der Waals surface area (Å²) in [6.07, 6.45) is 6.87. The van der Waals surface area contributed by atoms with Crippen molar-refractivity contribution in [2.45, 2.75) is 63.2 Å². The van der Waals surface area contributed by atoms with E-state index in [2.05, 4.69) is 45.7 Å². The van der Waals surface area contributed by atoms with E-state index in [1.807, 2.05) is 46.8 Å². The number of nitrogens with one attached hydrogen (secondary N) is 3. The molecular weight excluding hydrogens is 606 g/mol. The van der Waals surface area contributed by atoms with E-state index >= 15 is 0 Å². The lowest BCUT2D eigenvalue weighted by molar-refractivity contribution is 0.0000540. The largest absolute Gasteiger partial charge is 0.492 e. The van der Waals surface area contributed by atoms with Crippen molar-refractivity contribution in [3.8, 4) is 11.5 Å². The average molecular weight is 650 g/mol. The highest BCUT2D eigenvalue weighted by atomic mass is 32.2. The van der Waals surface area contributed by atoms with Crippen molar-refractivity contribution in [2.75, 3.05) is 56.2 Å². The molecule has 0 saturated carbocycles. The molecule has 0 radical (unpaired) electrons. The molecule has 46 heavy (non-hydrogen) atoms. The number of H-pyrrole nitrogens is 1. The highest BCUT2D eigenvalue weighted by molar-refractivity contribution is 7.86. The number of anilines is 3. The van der Waals surface area contributed by atoms with E-state index in [0.717, 1.165) is 55.7 Å². The fourth-order valence-corrected chi connectivity index (χ4v) is 6.63.